The molecule has 1 aliphatic rings. The van der Waals surface area contributed by atoms with Crippen molar-refractivity contribution in [2.24, 2.45) is 5.73 Å². The van der Waals surface area contributed by atoms with Crippen LogP contribution in [0.4, 0.5) is 0 Å². The van der Waals surface area contributed by atoms with Gasteiger partial charge in [0.15, 0.2) is 0 Å². The number of rotatable bonds is 4. The van der Waals surface area contributed by atoms with Crippen molar-refractivity contribution in [1.29, 1.82) is 0 Å². The number of aryl methyl sites for hydroxylation is 1. The summed E-state index contributed by atoms with van der Waals surface area (Å²) in [6, 6.07) is 10.8. The highest BCUT2D eigenvalue weighted by molar-refractivity contribution is 5.45. The number of hydrogen-bond acceptors (Lipinski definition) is 2. The highest BCUT2D eigenvalue weighted by Gasteiger charge is 2.22. The molecule has 0 bridgehead atoms. The van der Waals surface area contributed by atoms with Crippen LogP contribution in [-0.4, -0.2) is 11.2 Å². The summed E-state index contributed by atoms with van der Waals surface area (Å²) in [5.74, 6) is 0.941. The molecule has 3 heteroatoms. The third-order valence-electron chi connectivity index (χ3n) is 4.22. The lowest BCUT2D eigenvalue weighted by molar-refractivity contribution is 0.317. The Morgan fingerprint density at radius 1 is 1.29 bits per heavy atom. The molecule has 0 spiro atoms. The SMILES string of the molecule is CCCOc1ccc(-n2c(C)cc3c2CCCC3N)cc1. The monoisotopic (exact) mass is 284 g/mol. The average Bonchev–Trinajstić information content (AvgIpc) is 2.83. The van der Waals surface area contributed by atoms with Crippen molar-refractivity contribution >= 4 is 0 Å². The second-order valence-corrected chi connectivity index (χ2v) is 5.86. The Balaban J connectivity index is 1.93. The Morgan fingerprint density at radius 2 is 2.05 bits per heavy atom. The summed E-state index contributed by atoms with van der Waals surface area (Å²) in [4.78, 5) is 0. The molecule has 0 radical (unpaired) electrons. The predicted molar refractivity (Wildman–Crippen MR) is 86.2 cm³/mol. The number of fused-ring (bicyclic) bond motifs is 1. The molecule has 0 saturated heterocycles. The van der Waals surface area contributed by atoms with Gasteiger partial charge in [0.1, 0.15) is 5.75 Å². The van der Waals surface area contributed by atoms with Crippen LogP contribution < -0.4 is 10.5 Å². The van der Waals surface area contributed by atoms with Gasteiger partial charge in [0.2, 0.25) is 0 Å². The molecule has 2 N–H and O–H groups in total. The fourth-order valence-electron chi connectivity index (χ4n) is 3.21. The molecule has 1 unspecified atom stereocenters. The Labute approximate surface area is 126 Å². The fraction of sp³-hybridized carbons (Fsp3) is 0.444. The van der Waals surface area contributed by atoms with E-state index in [0.717, 1.165) is 31.6 Å². The summed E-state index contributed by atoms with van der Waals surface area (Å²) in [6.07, 6.45) is 4.42. The van der Waals surface area contributed by atoms with E-state index in [9.17, 15) is 0 Å². The average molecular weight is 284 g/mol. The first kappa shape index (κ1) is 14.2. The van der Waals surface area contributed by atoms with Gasteiger partial charge in [-0.2, -0.15) is 0 Å². The van der Waals surface area contributed by atoms with Gasteiger partial charge in [0.25, 0.3) is 0 Å². The van der Waals surface area contributed by atoms with Crippen LogP contribution in [0.5, 0.6) is 5.75 Å². The first-order chi connectivity index (χ1) is 10.2. The Hall–Kier alpha value is -1.74. The molecule has 3 rings (SSSR count). The van der Waals surface area contributed by atoms with E-state index >= 15 is 0 Å². The lowest BCUT2D eigenvalue weighted by atomic mass is 9.93. The van der Waals surface area contributed by atoms with Gasteiger partial charge in [-0.3, -0.25) is 0 Å². The summed E-state index contributed by atoms with van der Waals surface area (Å²) >= 11 is 0. The molecule has 1 heterocycles. The van der Waals surface area contributed by atoms with Crippen LogP contribution in [0.15, 0.2) is 30.3 Å². The summed E-state index contributed by atoms with van der Waals surface area (Å²) < 4.78 is 8.00. The molecule has 0 aliphatic heterocycles. The van der Waals surface area contributed by atoms with Crippen molar-refractivity contribution in [3.8, 4) is 11.4 Å². The molecule has 0 amide bonds. The van der Waals surface area contributed by atoms with Crippen LogP contribution in [0, 0.1) is 6.92 Å². The van der Waals surface area contributed by atoms with Gasteiger partial charge in [-0.05, 0) is 68.5 Å². The predicted octanol–water partition coefficient (Wildman–Crippen LogP) is 3.91. The second kappa shape index (κ2) is 5.94. The summed E-state index contributed by atoms with van der Waals surface area (Å²) in [5, 5.41) is 0. The third kappa shape index (κ3) is 2.70. The normalized spacial score (nSPS) is 17.6. The van der Waals surface area contributed by atoms with Crippen molar-refractivity contribution in [2.45, 2.75) is 45.6 Å². The highest BCUT2D eigenvalue weighted by Crippen LogP contribution is 2.33. The second-order valence-electron chi connectivity index (χ2n) is 5.86. The molecule has 0 fully saturated rings. The van der Waals surface area contributed by atoms with Crippen LogP contribution in [0.2, 0.25) is 0 Å². The minimum Gasteiger partial charge on any atom is -0.494 e. The van der Waals surface area contributed by atoms with Crippen LogP contribution >= 0.6 is 0 Å². The molecule has 0 saturated carbocycles. The Bertz CT molecular complexity index is 613. The quantitative estimate of drug-likeness (QED) is 0.924. The number of nitrogens with zero attached hydrogens (tertiary/aromatic N) is 1. The van der Waals surface area contributed by atoms with E-state index in [2.05, 4.69) is 48.7 Å². The standard InChI is InChI=1S/C18H24N2O/c1-3-11-21-15-9-7-14(8-10-15)20-13(2)12-16-17(19)5-4-6-18(16)20/h7-10,12,17H,3-6,11,19H2,1-2H3. The first-order valence-corrected chi connectivity index (χ1v) is 7.90. The molecule has 1 aromatic carbocycles. The largest absolute Gasteiger partial charge is 0.494 e. The van der Waals surface area contributed by atoms with Gasteiger partial charge >= 0.3 is 0 Å². The van der Waals surface area contributed by atoms with E-state index in [4.69, 9.17) is 10.5 Å². The van der Waals surface area contributed by atoms with Crippen molar-refractivity contribution in [2.75, 3.05) is 6.61 Å². The highest BCUT2D eigenvalue weighted by atomic mass is 16.5. The molecular formula is C18H24N2O. The van der Waals surface area contributed by atoms with E-state index in [-0.39, 0.29) is 6.04 Å². The zero-order valence-electron chi connectivity index (χ0n) is 12.9. The minimum atomic E-state index is 0.195. The number of ether oxygens (including phenoxy) is 1. The molecule has 2 aromatic rings. The van der Waals surface area contributed by atoms with E-state index < -0.39 is 0 Å². The smallest absolute Gasteiger partial charge is 0.119 e. The zero-order chi connectivity index (χ0) is 14.8. The number of nitrogens with two attached hydrogens (primary N) is 1. The van der Waals surface area contributed by atoms with Crippen molar-refractivity contribution in [1.82, 2.24) is 4.57 Å². The summed E-state index contributed by atoms with van der Waals surface area (Å²) in [6.45, 7) is 5.05. The van der Waals surface area contributed by atoms with Gasteiger partial charge in [-0.25, -0.2) is 0 Å². The van der Waals surface area contributed by atoms with Crippen molar-refractivity contribution in [3.05, 3.63) is 47.3 Å². The first-order valence-electron chi connectivity index (χ1n) is 7.90. The number of hydrogen-bond donors (Lipinski definition) is 1. The molecule has 1 atom stereocenters. The van der Waals surface area contributed by atoms with Crippen LogP contribution in [-0.2, 0) is 6.42 Å². The maximum atomic E-state index is 6.25. The summed E-state index contributed by atoms with van der Waals surface area (Å²) in [7, 11) is 0. The van der Waals surface area contributed by atoms with Gasteiger partial charge < -0.3 is 15.0 Å². The lowest BCUT2D eigenvalue weighted by Crippen LogP contribution is -2.17. The summed E-state index contributed by atoms with van der Waals surface area (Å²) in [5.41, 5.74) is 11.4. The van der Waals surface area contributed by atoms with Crippen molar-refractivity contribution in [3.63, 3.8) is 0 Å². The van der Waals surface area contributed by atoms with E-state index in [1.165, 1.54) is 29.1 Å². The van der Waals surface area contributed by atoms with Crippen LogP contribution in [0.3, 0.4) is 0 Å². The van der Waals surface area contributed by atoms with Gasteiger partial charge in [0.05, 0.1) is 6.61 Å². The minimum absolute atomic E-state index is 0.195. The lowest BCUT2D eigenvalue weighted by Gasteiger charge is -2.21. The van der Waals surface area contributed by atoms with E-state index in [1.807, 2.05) is 0 Å². The van der Waals surface area contributed by atoms with Crippen LogP contribution in [0.1, 0.15) is 49.2 Å². The van der Waals surface area contributed by atoms with Gasteiger partial charge in [0, 0.05) is 23.1 Å². The van der Waals surface area contributed by atoms with E-state index in [0.29, 0.717) is 0 Å². The molecule has 1 aliphatic carbocycles. The molecule has 3 nitrogen and oxygen atoms in total. The molecule has 21 heavy (non-hydrogen) atoms. The van der Waals surface area contributed by atoms with Crippen molar-refractivity contribution < 1.29 is 4.74 Å². The van der Waals surface area contributed by atoms with E-state index in [1.54, 1.807) is 0 Å². The molecular weight excluding hydrogens is 260 g/mol. The molecule has 1 aromatic heterocycles. The maximum absolute atomic E-state index is 6.25. The van der Waals surface area contributed by atoms with Gasteiger partial charge in [-0.1, -0.05) is 6.92 Å². The fourth-order valence-corrected chi connectivity index (χ4v) is 3.21. The number of aromatic nitrogens is 1. The zero-order valence-corrected chi connectivity index (χ0v) is 12.9. The number of benzene rings is 1. The molecule has 112 valence electrons. The van der Waals surface area contributed by atoms with Crippen LogP contribution in [0.25, 0.3) is 5.69 Å². The third-order valence-corrected chi connectivity index (χ3v) is 4.22. The Morgan fingerprint density at radius 3 is 2.76 bits per heavy atom. The topological polar surface area (TPSA) is 40.2 Å². The van der Waals surface area contributed by atoms with Gasteiger partial charge in [-0.15, -0.1) is 0 Å². The Kier molecular flexibility index (Phi) is 4.02. The maximum Gasteiger partial charge on any atom is 0.119 e.